The maximum absolute atomic E-state index is 11.8. The van der Waals surface area contributed by atoms with Crippen molar-refractivity contribution >= 4 is 5.91 Å². The van der Waals surface area contributed by atoms with E-state index in [0.717, 1.165) is 31.6 Å². The Labute approximate surface area is 115 Å². The van der Waals surface area contributed by atoms with E-state index in [2.05, 4.69) is 17.6 Å². The number of hydrogen-bond acceptors (Lipinski definition) is 3. The molecule has 1 rings (SSSR count). The Kier molecular flexibility index (Phi) is 7.93. The third-order valence-electron chi connectivity index (χ3n) is 2.82. The first-order valence-corrected chi connectivity index (χ1v) is 6.88. The number of carbonyl (C=O) groups is 1. The molecule has 0 unspecified atom stereocenters. The fraction of sp³-hybridized carbons (Fsp3) is 0.643. The van der Waals surface area contributed by atoms with Crippen LogP contribution in [-0.4, -0.2) is 37.3 Å². The zero-order valence-corrected chi connectivity index (χ0v) is 11.9. The number of hydrogen-bond donors (Lipinski definition) is 2. The fourth-order valence-corrected chi connectivity index (χ4v) is 1.81. The van der Waals surface area contributed by atoms with Gasteiger partial charge in [0.1, 0.15) is 6.54 Å². The van der Waals surface area contributed by atoms with Crippen LogP contribution in [0.5, 0.6) is 0 Å². The van der Waals surface area contributed by atoms with Crippen LogP contribution in [0.2, 0.25) is 0 Å². The molecule has 0 radical (unpaired) electrons. The molecule has 1 heterocycles. The highest BCUT2D eigenvalue weighted by molar-refractivity contribution is 5.75. The van der Waals surface area contributed by atoms with Crippen LogP contribution >= 0.6 is 0 Å². The second-order valence-electron chi connectivity index (χ2n) is 4.50. The summed E-state index contributed by atoms with van der Waals surface area (Å²) in [5.41, 5.74) is 1.14. The predicted molar refractivity (Wildman–Crippen MR) is 75.9 cm³/mol. The summed E-state index contributed by atoms with van der Waals surface area (Å²) in [6.45, 7) is 5.65. The molecule has 0 aliphatic rings. The van der Waals surface area contributed by atoms with Gasteiger partial charge in [0, 0.05) is 38.7 Å². The Morgan fingerprint density at radius 2 is 2.26 bits per heavy atom. The summed E-state index contributed by atoms with van der Waals surface area (Å²) < 4.78 is 6.92. The van der Waals surface area contributed by atoms with E-state index in [9.17, 15) is 4.79 Å². The molecule has 1 aromatic rings. The van der Waals surface area contributed by atoms with Gasteiger partial charge in [-0.3, -0.25) is 4.79 Å². The van der Waals surface area contributed by atoms with Crippen LogP contribution in [0, 0.1) is 0 Å². The minimum Gasteiger partial charge on any atom is -0.385 e. The van der Waals surface area contributed by atoms with Crippen molar-refractivity contribution in [2.45, 2.75) is 32.9 Å². The number of nitrogens with zero attached hydrogens (tertiary/aromatic N) is 1. The predicted octanol–water partition coefficient (Wildman–Crippen LogP) is 1.14. The number of methoxy groups -OCH3 is 1. The van der Waals surface area contributed by atoms with E-state index in [0.29, 0.717) is 19.7 Å². The summed E-state index contributed by atoms with van der Waals surface area (Å²) in [6, 6.07) is 4.02. The number of aromatic nitrogens is 1. The van der Waals surface area contributed by atoms with Crippen molar-refractivity contribution in [3.8, 4) is 0 Å². The summed E-state index contributed by atoms with van der Waals surface area (Å²) in [7, 11) is 1.66. The molecule has 19 heavy (non-hydrogen) atoms. The van der Waals surface area contributed by atoms with Crippen molar-refractivity contribution in [2.24, 2.45) is 0 Å². The SMILES string of the molecule is CCCNCc1cccn1CC(=O)NCCCOC. The third-order valence-corrected chi connectivity index (χ3v) is 2.82. The Bertz CT molecular complexity index is 363. The molecular weight excluding hydrogens is 242 g/mol. The van der Waals surface area contributed by atoms with Crippen LogP contribution in [0.4, 0.5) is 0 Å². The molecule has 1 aromatic heterocycles. The minimum atomic E-state index is 0.0454. The normalized spacial score (nSPS) is 10.6. The Morgan fingerprint density at radius 3 is 3.00 bits per heavy atom. The molecule has 0 bridgehead atoms. The molecule has 1 amide bonds. The molecule has 108 valence electrons. The van der Waals surface area contributed by atoms with E-state index in [-0.39, 0.29) is 5.91 Å². The summed E-state index contributed by atoms with van der Waals surface area (Å²) in [5, 5.41) is 6.23. The lowest BCUT2D eigenvalue weighted by molar-refractivity contribution is -0.121. The van der Waals surface area contributed by atoms with E-state index >= 15 is 0 Å². The molecule has 0 saturated heterocycles. The number of amides is 1. The van der Waals surface area contributed by atoms with Gasteiger partial charge in [0.05, 0.1) is 0 Å². The fourth-order valence-electron chi connectivity index (χ4n) is 1.81. The highest BCUT2D eigenvalue weighted by Crippen LogP contribution is 2.02. The van der Waals surface area contributed by atoms with Crippen molar-refractivity contribution in [3.63, 3.8) is 0 Å². The van der Waals surface area contributed by atoms with E-state index in [4.69, 9.17) is 4.74 Å². The average Bonchev–Trinajstić information content (AvgIpc) is 2.82. The number of carbonyl (C=O) groups excluding carboxylic acids is 1. The molecule has 2 N–H and O–H groups in total. The topological polar surface area (TPSA) is 55.3 Å². The maximum Gasteiger partial charge on any atom is 0.239 e. The minimum absolute atomic E-state index is 0.0454. The molecule has 0 aliphatic heterocycles. The lowest BCUT2D eigenvalue weighted by Gasteiger charge is -2.10. The van der Waals surface area contributed by atoms with Crippen LogP contribution in [0.15, 0.2) is 18.3 Å². The summed E-state index contributed by atoms with van der Waals surface area (Å²) >= 11 is 0. The van der Waals surface area contributed by atoms with Gasteiger partial charge in [-0.1, -0.05) is 6.92 Å². The molecule has 0 aromatic carbocycles. The van der Waals surface area contributed by atoms with Crippen molar-refractivity contribution in [2.75, 3.05) is 26.8 Å². The van der Waals surface area contributed by atoms with Crippen LogP contribution in [-0.2, 0) is 22.6 Å². The van der Waals surface area contributed by atoms with Gasteiger partial charge in [-0.05, 0) is 31.5 Å². The van der Waals surface area contributed by atoms with E-state index in [1.165, 1.54) is 0 Å². The lowest BCUT2D eigenvalue weighted by atomic mass is 10.4. The number of nitrogens with one attached hydrogen (secondary N) is 2. The first-order valence-electron chi connectivity index (χ1n) is 6.88. The lowest BCUT2D eigenvalue weighted by Crippen LogP contribution is -2.29. The van der Waals surface area contributed by atoms with Gasteiger partial charge in [-0.15, -0.1) is 0 Å². The van der Waals surface area contributed by atoms with Crippen molar-refractivity contribution in [3.05, 3.63) is 24.0 Å². The second kappa shape index (κ2) is 9.58. The zero-order chi connectivity index (χ0) is 13.9. The van der Waals surface area contributed by atoms with Crippen LogP contribution in [0.1, 0.15) is 25.5 Å². The molecule has 0 atom stereocenters. The van der Waals surface area contributed by atoms with Gasteiger partial charge >= 0.3 is 0 Å². The van der Waals surface area contributed by atoms with Crippen LogP contribution in [0.25, 0.3) is 0 Å². The number of ether oxygens (including phenoxy) is 1. The zero-order valence-electron chi connectivity index (χ0n) is 11.9. The molecule has 5 heteroatoms. The summed E-state index contributed by atoms with van der Waals surface area (Å²) in [6.07, 6.45) is 3.90. The van der Waals surface area contributed by atoms with Gasteiger partial charge in [0.25, 0.3) is 0 Å². The van der Waals surface area contributed by atoms with Gasteiger partial charge in [-0.2, -0.15) is 0 Å². The summed E-state index contributed by atoms with van der Waals surface area (Å²) in [5.74, 6) is 0.0454. The first-order chi connectivity index (χ1) is 9.27. The molecule has 0 spiro atoms. The van der Waals surface area contributed by atoms with E-state index in [1.54, 1.807) is 7.11 Å². The third kappa shape index (κ3) is 6.40. The molecule has 5 nitrogen and oxygen atoms in total. The highest BCUT2D eigenvalue weighted by atomic mass is 16.5. The van der Waals surface area contributed by atoms with E-state index < -0.39 is 0 Å². The smallest absolute Gasteiger partial charge is 0.239 e. The Hall–Kier alpha value is -1.33. The molecular formula is C14H25N3O2. The first kappa shape index (κ1) is 15.7. The second-order valence-corrected chi connectivity index (χ2v) is 4.50. The molecule has 0 fully saturated rings. The van der Waals surface area contributed by atoms with E-state index in [1.807, 2.05) is 22.9 Å². The van der Waals surface area contributed by atoms with Gasteiger partial charge in [0.2, 0.25) is 5.91 Å². The van der Waals surface area contributed by atoms with Gasteiger partial charge in [0.15, 0.2) is 0 Å². The Balaban J connectivity index is 2.31. The highest BCUT2D eigenvalue weighted by Gasteiger charge is 2.05. The van der Waals surface area contributed by atoms with Gasteiger partial charge in [-0.25, -0.2) is 0 Å². The quantitative estimate of drug-likeness (QED) is 0.625. The average molecular weight is 267 g/mol. The standard InChI is InChI=1S/C14H25N3O2/c1-3-7-15-11-13-6-4-9-17(13)12-14(18)16-8-5-10-19-2/h4,6,9,15H,3,5,7-8,10-12H2,1-2H3,(H,16,18). The van der Waals surface area contributed by atoms with Crippen LogP contribution in [0.3, 0.4) is 0 Å². The molecule has 0 aliphatic carbocycles. The number of rotatable bonds is 10. The summed E-state index contributed by atoms with van der Waals surface area (Å²) in [4.78, 5) is 11.8. The van der Waals surface area contributed by atoms with Crippen molar-refractivity contribution in [1.82, 2.24) is 15.2 Å². The van der Waals surface area contributed by atoms with Crippen LogP contribution < -0.4 is 10.6 Å². The Morgan fingerprint density at radius 1 is 1.42 bits per heavy atom. The van der Waals surface area contributed by atoms with Crippen molar-refractivity contribution < 1.29 is 9.53 Å². The molecule has 0 saturated carbocycles. The maximum atomic E-state index is 11.8. The van der Waals surface area contributed by atoms with Crippen molar-refractivity contribution in [1.29, 1.82) is 0 Å². The monoisotopic (exact) mass is 267 g/mol. The van der Waals surface area contributed by atoms with Gasteiger partial charge < -0.3 is 19.9 Å². The largest absolute Gasteiger partial charge is 0.385 e.